The van der Waals surface area contributed by atoms with Crippen molar-refractivity contribution in [3.05, 3.63) is 36.2 Å². The number of nitrogens with zero attached hydrogens (tertiary/aromatic N) is 5. The Labute approximate surface area is 176 Å². The molecule has 0 spiro atoms. The zero-order chi connectivity index (χ0) is 24.6. The topological polar surface area (TPSA) is 131 Å². The van der Waals surface area contributed by atoms with Crippen LogP contribution in [0.1, 0.15) is 35.2 Å². The number of aromatic nitrogens is 4. The van der Waals surface area contributed by atoms with Crippen molar-refractivity contribution in [2.75, 3.05) is 24.3 Å². The zero-order valence-corrected chi connectivity index (χ0v) is 16.7. The van der Waals surface area contributed by atoms with E-state index in [2.05, 4.69) is 20.4 Å². The number of nitrogens with one attached hydrogen (secondary N) is 1. The number of hydrogen-bond donors (Lipinski definition) is 2. The Morgan fingerprint density at radius 2 is 2.13 bits per heavy atom. The molecule has 3 heterocycles. The molecule has 2 N–H and O–H groups in total. The van der Waals surface area contributed by atoms with Gasteiger partial charge in [-0.05, 0) is 32.9 Å². The van der Waals surface area contributed by atoms with Crippen molar-refractivity contribution in [1.82, 2.24) is 19.6 Å². The lowest BCUT2D eigenvalue weighted by Gasteiger charge is -2.25. The first-order valence-corrected chi connectivity index (χ1v) is 8.75. The number of carboxylic acid groups (broad SMARTS) is 1. The number of carbonyl (C=O) groups excluding carboxylic acids is 1. The van der Waals surface area contributed by atoms with Gasteiger partial charge in [-0.1, -0.05) is 0 Å². The normalized spacial score (nSPS) is 13.1. The summed E-state index contributed by atoms with van der Waals surface area (Å²) in [5, 5.41) is 16.4. The summed E-state index contributed by atoms with van der Waals surface area (Å²) < 4.78 is 33.4. The summed E-state index contributed by atoms with van der Waals surface area (Å²) in [6.07, 6.45) is 1.75. The SMILES string of the molecule is [2H]C([2H])([2H])Oc1ncccc1Nc1cc(N(C)C(=O)OC(C)(C)C)n2ncc(C(=O)O)c2n1. The molecule has 0 aliphatic heterocycles. The van der Waals surface area contributed by atoms with Gasteiger partial charge in [-0.2, -0.15) is 9.61 Å². The molecule has 11 nitrogen and oxygen atoms in total. The van der Waals surface area contributed by atoms with Crippen LogP contribution >= 0.6 is 0 Å². The third kappa shape index (κ3) is 4.24. The molecular weight excluding hydrogens is 392 g/mol. The quantitative estimate of drug-likeness (QED) is 0.643. The zero-order valence-electron chi connectivity index (χ0n) is 19.7. The number of methoxy groups -OCH3 is 1. The van der Waals surface area contributed by atoms with E-state index >= 15 is 0 Å². The minimum absolute atomic E-state index is 0.0555. The second-order valence-electron chi connectivity index (χ2n) is 7.22. The van der Waals surface area contributed by atoms with Crippen LogP contribution in [0.3, 0.4) is 0 Å². The fraction of sp³-hybridized carbons (Fsp3) is 0.316. The van der Waals surface area contributed by atoms with E-state index in [0.29, 0.717) is 0 Å². The summed E-state index contributed by atoms with van der Waals surface area (Å²) in [7, 11) is -1.31. The van der Waals surface area contributed by atoms with E-state index in [1.165, 1.54) is 29.9 Å². The molecule has 0 radical (unpaired) electrons. The van der Waals surface area contributed by atoms with Crippen molar-refractivity contribution in [1.29, 1.82) is 0 Å². The monoisotopic (exact) mass is 417 g/mol. The number of fused-ring (bicyclic) bond motifs is 1. The Bertz CT molecular complexity index is 1200. The highest BCUT2D eigenvalue weighted by Crippen LogP contribution is 2.28. The number of carboxylic acids is 1. The van der Waals surface area contributed by atoms with Gasteiger partial charge in [0, 0.05) is 19.3 Å². The van der Waals surface area contributed by atoms with E-state index in [0.717, 1.165) is 11.1 Å². The predicted molar refractivity (Wildman–Crippen MR) is 109 cm³/mol. The molecule has 0 saturated carbocycles. The average molecular weight is 417 g/mol. The van der Waals surface area contributed by atoms with Crippen molar-refractivity contribution in [2.24, 2.45) is 0 Å². The number of anilines is 3. The Morgan fingerprint density at radius 1 is 1.37 bits per heavy atom. The van der Waals surface area contributed by atoms with E-state index in [1.54, 1.807) is 26.8 Å². The molecule has 0 bridgehead atoms. The van der Waals surface area contributed by atoms with E-state index in [9.17, 15) is 14.7 Å². The van der Waals surface area contributed by atoms with E-state index in [-0.39, 0.29) is 34.4 Å². The Kier molecular flexibility index (Phi) is 4.45. The van der Waals surface area contributed by atoms with Gasteiger partial charge in [-0.25, -0.2) is 19.6 Å². The van der Waals surface area contributed by atoms with Gasteiger partial charge in [-0.15, -0.1) is 0 Å². The molecular formula is C19H22N6O5. The molecule has 11 heteroatoms. The molecule has 0 aromatic carbocycles. The summed E-state index contributed by atoms with van der Waals surface area (Å²) >= 11 is 0. The van der Waals surface area contributed by atoms with E-state index < -0.39 is 24.7 Å². The number of rotatable bonds is 5. The maximum atomic E-state index is 12.6. The Hall–Kier alpha value is -3.89. The molecule has 3 aromatic rings. The van der Waals surface area contributed by atoms with Gasteiger partial charge in [0.05, 0.1) is 17.3 Å². The number of carbonyl (C=O) groups is 2. The molecule has 3 rings (SSSR count). The van der Waals surface area contributed by atoms with Crippen molar-refractivity contribution in [3.63, 3.8) is 0 Å². The minimum atomic E-state index is -2.74. The smallest absolute Gasteiger partial charge is 0.415 e. The lowest BCUT2D eigenvalue weighted by atomic mass is 10.2. The van der Waals surface area contributed by atoms with Crippen molar-refractivity contribution < 1.29 is 28.3 Å². The second-order valence-corrected chi connectivity index (χ2v) is 7.22. The van der Waals surface area contributed by atoms with Crippen molar-refractivity contribution >= 4 is 35.0 Å². The Morgan fingerprint density at radius 3 is 2.80 bits per heavy atom. The average Bonchev–Trinajstić information content (AvgIpc) is 3.10. The van der Waals surface area contributed by atoms with Gasteiger partial charge >= 0.3 is 12.1 Å². The van der Waals surface area contributed by atoms with Gasteiger partial charge in [0.1, 0.15) is 28.5 Å². The number of hydrogen-bond acceptors (Lipinski definition) is 8. The lowest BCUT2D eigenvalue weighted by molar-refractivity contribution is 0.0587. The predicted octanol–water partition coefficient (Wildman–Crippen LogP) is 2.95. The minimum Gasteiger partial charge on any atom is -0.480 e. The van der Waals surface area contributed by atoms with Gasteiger partial charge in [-0.3, -0.25) is 4.90 Å². The summed E-state index contributed by atoms with van der Waals surface area (Å²) in [5.41, 5.74) is -0.873. The summed E-state index contributed by atoms with van der Waals surface area (Å²) in [5.74, 6) is -1.26. The molecule has 0 fully saturated rings. The van der Waals surface area contributed by atoms with Gasteiger partial charge in [0.2, 0.25) is 5.88 Å². The van der Waals surface area contributed by atoms with Crippen LogP contribution in [-0.4, -0.2) is 56.4 Å². The molecule has 3 aromatic heterocycles. The lowest BCUT2D eigenvalue weighted by Crippen LogP contribution is -2.35. The van der Waals surface area contributed by atoms with Crippen LogP contribution in [0.2, 0.25) is 0 Å². The summed E-state index contributed by atoms with van der Waals surface area (Å²) in [6.45, 7) is 5.12. The van der Waals surface area contributed by atoms with Crippen molar-refractivity contribution in [2.45, 2.75) is 26.4 Å². The number of amides is 1. The van der Waals surface area contributed by atoms with Crippen LogP contribution in [-0.2, 0) is 4.74 Å². The maximum absolute atomic E-state index is 12.6. The maximum Gasteiger partial charge on any atom is 0.415 e. The van der Waals surface area contributed by atoms with Crippen molar-refractivity contribution in [3.8, 4) is 5.88 Å². The third-order valence-corrected chi connectivity index (χ3v) is 3.82. The van der Waals surface area contributed by atoms with E-state index in [1.807, 2.05) is 0 Å². The standard InChI is InChI=1S/C19H22N6O5/c1-19(2,3)30-18(28)24(4)14-9-13(22-12-7-6-8-20-16(12)29-5)23-15-11(17(26)27)10-21-25(14)15/h6-10H,1-5H3,(H,22,23)(H,26,27)/i5D3. The molecule has 1 amide bonds. The number of ether oxygens (including phenoxy) is 2. The van der Waals surface area contributed by atoms with Crippen LogP contribution in [0, 0.1) is 0 Å². The van der Waals surface area contributed by atoms with Gasteiger partial charge in [0.15, 0.2) is 5.65 Å². The highest BCUT2D eigenvalue weighted by atomic mass is 16.6. The highest BCUT2D eigenvalue weighted by Gasteiger charge is 2.25. The summed E-state index contributed by atoms with van der Waals surface area (Å²) in [6, 6.07) is 4.47. The first-order valence-electron chi connectivity index (χ1n) is 10.2. The van der Waals surface area contributed by atoms with Crippen LogP contribution < -0.4 is 15.0 Å². The first-order chi connectivity index (χ1) is 15.2. The number of pyridine rings is 1. The van der Waals surface area contributed by atoms with Crippen LogP contribution in [0.15, 0.2) is 30.6 Å². The molecule has 0 unspecified atom stereocenters. The number of aromatic carboxylic acids is 1. The first kappa shape index (κ1) is 17.0. The fourth-order valence-corrected chi connectivity index (χ4v) is 2.53. The largest absolute Gasteiger partial charge is 0.480 e. The second kappa shape index (κ2) is 7.85. The van der Waals surface area contributed by atoms with Gasteiger partial charge < -0.3 is 19.9 Å². The molecule has 0 atom stereocenters. The third-order valence-electron chi connectivity index (χ3n) is 3.82. The van der Waals surface area contributed by atoms with Gasteiger partial charge in [0.25, 0.3) is 0 Å². The molecule has 0 aliphatic rings. The summed E-state index contributed by atoms with van der Waals surface area (Å²) in [4.78, 5) is 33.6. The van der Waals surface area contributed by atoms with Crippen LogP contribution in [0.4, 0.5) is 22.1 Å². The molecule has 0 aliphatic carbocycles. The molecule has 158 valence electrons. The fourth-order valence-electron chi connectivity index (χ4n) is 2.53. The molecule has 30 heavy (non-hydrogen) atoms. The van der Waals surface area contributed by atoms with E-state index in [4.69, 9.17) is 13.6 Å². The molecule has 0 saturated heterocycles. The van der Waals surface area contributed by atoms with Crippen LogP contribution in [0.5, 0.6) is 5.88 Å². The highest BCUT2D eigenvalue weighted by molar-refractivity contribution is 5.95. The Balaban J connectivity index is 2.10. The van der Waals surface area contributed by atoms with Crippen LogP contribution in [0.25, 0.3) is 5.65 Å².